The molecule has 0 amide bonds. The highest BCUT2D eigenvalue weighted by molar-refractivity contribution is 9.10. The molecule has 2 aromatic rings. The molecule has 0 spiro atoms. The monoisotopic (exact) mass is 515 g/mol. The van der Waals surface area contributed by atoms with E-state index in [9.17, 15) is 0 Å². The molecule has 1 nitrogen and oxygen atoms in total. The Kier molecular flexibility index (Phi) is 6.98. The molecule has 0 radical (unpaired) electrons. The summed E-state index contributed by atoms with van der Waals surface area (Å²) in [6.07, 6.45) is 10.2. The van der Waals surface area contributed by atoms with E-state index >= 15 is 0 Å². The summed E-state index contributed by atoms with van der Waals surface area (Å²) in [5, 5.41) is 0. The van der Waals surface area contributed by atoms with Crippen LogP contribution < -0.4 is 0 Å². The minimum atomic E-state index is 0.384. The second kappa shape index (κ2) is 9.49. The Hall–Kier alpha value is -0.900. The third kappa shape index (κ3) is 5.24. The van der Waals surface area contributed by atoms with Gasteiger partial charge in [-0.05, 0) is 99.2 Å². The summed E-state index contributed by atoms with van der Waals surface area (Å²) in [7, 11) is 2.28. The van der Waals surface area contributed by atoms with E-state index in [0.29, 0.717) is 5.41 Å². The fourth-order valence-corrected chi connectivity index (χ4v) is 5.92. The van der Waals surface area contributed by atoms with E-state index in [1.165, 1.54) is 84.5 Å². The van der Waals surface area contributed by atoms with Crippen LogP contribution in [0.2, 0.25) is 0 Å². The van der Waals surface area contributed by atoms with Gasteiger partial charge in [-0.2, -0.15) is 0 Å². The van der Waals surface area contributed by atoms with E-state index in [-0.39, 0.29) is 0 Å². The van der Waals surface area contributed by atoms with Crippen molar-refractivity contribution in [3.8, 4) is 0 Å². The molecule has 0 N–H and O–H groups in total. The number of hydrogen-bond acceptors (Lipinski definition) is 1. The number of likely N-dealkylation sites (N-methyl/N-ethyl adjacent to an activating group) is 1. The molecule has 1 aliphatic carbocycles. The zero-order valence-corrected chi connectivity index (χ0v) is 20.6. The molecule has 2 aromatic carbocycles. The highest BCUT2D eigenvalue weighted by Gasteiger charge is 2.39. The van der Waals surface area contributed by atoms with Crippen LogP contribution in [0.25, 0.3) is 0 Å². The quantitative estimate of drug-likeness (QED) is 0.357. The molecule has 3 heteroatoms. The van der Waals surface area contributed by atoms with Gasteiger partial charge in [0.1, 0.15) is 0 Å². The van der Waals surface area contributed by atoms with E-state index in [4.69, 9.17) is 0 Å². The zero-order chi connectivity index (χ0) is 20.3. The number of aryl methyl sites for hydroxylation is 2. The molecule has 0 saturated heterocycles. The largest absolute Gasteiger partial charge is 0.302 e. The van der Waals surface area contributed by atoms with E-state index in [0.717, 1.165) is 0 Å². The average Bonchev–Trinajstić information content (AvgIpc) is 2.73. The molecule has 1 aliphatic heterocycles. The Morgan fingerprint density at radius 1 is 0.828 bits per heavy atom. The third-order valence-electron chi connectivity index (χ3n) is 7.02. The maximum Gasteiger partial charge on any atom is 0.0192 e. The lowest BCUT2D eigenvalue weighted by atomic mass is 9.62. The molecule has 1 heterocycles. The molecule has 0 unspecified atom stereocenters. The number of nitrogens with zero attached hydrogens (tertiary/aromatic N) is 1. The second-order valence-electron chi connectivity index (χ2n) is 8.96. The topological polar surface area (TPSA) is 3.24 Å². The summed E-state index contributed by atoms with van der Waals surface area (Å²) in [5.41, 5.74) is 6.91. The lowest BCUT2D eigenvalue weighted by molar-refractivity contribution is 0.212. The molecule has 0 atom stereocenters. The first-order valence-electron chi connectivity index (χ1n) is 10.9. The standard InChI is InChI=1S/C26H31Br2N/c1-29-18-14-25-22(19-29)3-2-15-26(25,16-12-20-4-8-23(27)9-5-20)17-13-21-6-10-24(28)11-7-21/h4-11H,2-3,12-19H2,1H3. The van der Waals surface area contributed by atoms with Gasteiger partial charge in [-0.3, -0.25) is 0 Å². The van der Waals surface area contributed by atoms with Gasteiger partial charge in [0, 0.05) is 22.0 Å². The minimum Gasteiger partial charge on any atom is -0.302 e. The Balaban J connectivity index is 1.58. The average molecular weight is 517 g/mol. The van der Waals surface area contributed by atoms with Crippen molar-refractivity contribution in [2.45, 2.75) is 51.4 Å². The van der Waals surface area contributed by atoms with Crippen LogP contribution in [0.3, 0.4) is 0 Å². The second-order valence-corrected chi connectivity index (χ2v) is 10.8. The highest BCUT2D eigenvalue weighted by atomic mass is 79.9. The van der Waals surface area contributed by atoms with Gasteiger partial charge in [-0.15, -0.1) is 0 Å². The molecule has 154 valence electrons. The van der Waals surface area contributed by atoms with E-state index in [1.807, 2.05) is 5.57 Å². The molecule has 0 bridgehead atoms. The number of hydrogen-bond donors (Lipinski definition) is 0. The summed E-state index contributed by atoms with van der Waals surface area (Å²) in [4.78, 5) is 2.51. The maximum atomic E-state index is 3.58. The van der Waals surface area contributed by atoms with E-state index in [1.54, 1.807) is 5.57 Å². The molecular weight excluding hydrogens is 486 g/mol. The van der Waals surface area contributed by atoms with Crippen LogP contribution in [0.5, 0.6) is 0 Å². The first kappa shape index (κ1) is 21.3. The molecule has 0 saturated carbocycles. The Bertz CT molecular complexity index is 802. The van der Waals surface area contributed by atoms with Crippen LogP contribution in [0.4, 0.5) is 0 Å². The molecule has 29 heavy (non-hydrogen) atoms. The van der Waals surface area contributed by atoms with Gasteiger partial charge in [0.2, 0.25) is 0 Å². The summed E-state index contributed by atoms with van der Waals surface area (Å²) in [6.45, 7) is 2.41. The SMILES string of the molecule is CN1CCC2=C(CCCC2(CCc2ccc(Br)cc2)CCc2ccc(Br)cc2)C1. The van der Waals surface area contributed by atoms with Gasteiger partial charge in [-0.1, -0.05) is 67.3 Å². The smallest absolute Gasteiger partial charge is 0.0192 e. The van der Waals surface area contributed by atoms with Crippen LogP contribution >= 0.6 is 31.9 Å². The number of rotatable bonds is 6. The van der Waals surface area contributed by atoms with E-state index in [2.05, 4.69) is 92.3 Å². The van der Waals surface area contributed by atoms with Gasteiger partial charge in [0.05, 0.1) is 0 Å². The van der Waals surface area contributed by atoms with Crippen LogP contribution in [0.15, 0.2) is 68.6 Å². The highest BCUT2D eigenvalue weighted by Crippen LogP contribution is 2.50. The van der Waals surface area contributed by atoms with Crippen molar-refractivity contribution in [3.05, 3.63) is 79.7 Å². The molecule has 0 fully saturated rings. The van der Waals surface area contributed by atoms with Gasteiger partial charge in [0.25, 0.3) is 0 Å². The summed E-state index contributed by atoms with van der Waals surface area (Å²) < 4.78 is 2.34. The maximum absolute atomic E-state index is 3.58. The fourth-order valence-electron chi connectivity index (χ4n) is 5.39. The molecular formula is C26H31Br2N. The Morgan fingerprint density at radius 2 is 1.38 bits per heavy atom. The molecule has 2 aliphatic rings. The van der Waals surface area contributed by atoms with Crippen molar-refractivity contribution in [2.75, 3.05) is 20.1 Å². The minimum absolute atomic E-state index is 0.384. The van der Waals surface area contributed by atoms with Crippen molar-refractivity contribution in [2.24, 2.45) is 5.41 Å². The van der Waals surface area contributed by atoms with Crippen molar-refractivity contribution in [1.29, 1.82) is 0 Å². The van der Waals surface area contributed by atoms with Crippen molar-refractivity contribution in [1.82, 2.24) is 4.90 Å². The normalized spacial score (nSPS) is 19.3. The van der Waals surface area contributed by atoms with Crippen LogP contribution in [0.1, 0.15) is 49.7 Å². The summed E-state index contributed by atoms with van der Waals surface area (Å²) in [6, 6.07) is 17.9. The Labute approximate surface area is 192 Å². The lowest BCUT2D eigenvalue weighted by Gasteiger charge is -2.45. The molecule has 4 rings (SSSR count). The first-order chi connectivity index (χ1) is 14.0. The van der Waals surface area contributed by atoms with Gasteiger partial charge >= 0.3 is 0 Å². The predicted octanol–water partition coefficient (Wildman–Crippen LogP) is 7.58. The third-order valence-corrected chi connectivity index (χ3v) is 8.07. The van der Waals surface area contributed by atoms with Crippen molar-refractivity contribution >= 4 is 31.9 Å². The summed E-state index contributed by atoms with van der Waals surface area (Å²) >= 11 is 7.15. The predicted molar refractivity (Wildman–Crippen MR) is 130 cm³/mol. The number of benzene rings is 2. The first-order valence-corrected chi connectivity index (χ1v) is 12.5. The fraction of sp³-hybridized carbons (Fsp3) is 0.462. The summed E-state index contributed by atoms with van der Waals surface area (Å²) in [5.74, 6) is 0. The zero-order valence-electron chi connectivity index (χ0n) is 17.4. The Morgan fingerprint density at radius 3 is 1.93 bits per heavy atom. The van der Waals surface area contributed by atoms with Gasteiger partial charge in [0.15, 0.2) is 0 Å². The lowest BCUT2D eigenvalue weighted by Crippen LogP contribution is -2.38. The van der Waals surface area contributed by atoms with Crippen LogP contribution in [0, 0.1) is 5.41 Å². The van der Waals surface area contributed by atoms with Gasteiger partial charge < -0.3 is 4.90 Å². The van der Waals surface area contributed by atoms with E-state index < -0.39 is 0 Å². The number of halogens is 2. The van der Waals surface area contributed by atoms with Crippen molar-refractivity contribution < 1.29 is 0 Å². The van der Waals surface area contributed by atoms with Gasteiger partial charge in [-0.25, -0.2) is 0 Å². The van der Waals surface area contributed by atoms with Crippen LogP contribution in [-0.2, 0) is 12.8 Å². The van der Waals surface area contributed by atoms with Crippen molar-refractivity contribution in [3.63, 3.8) is 0 Å². The van der Waals surface area contributed by atoms with Crippen LogP contribution in [-0.4, -0.2) is 25.0 Å². The molecule has 0 aromatic heterocycles.